The Morgan fingerprint density at radius 3 is 3.10 bits per heavy atom. The van der Waals surface area contributed by atoms with Gasteiger partial charge in [-0.3, -0.25) is 15.1 Å². The maximum absolute atomic E-state index is 10.7. The van der Waals surface area contributed by atoms with Crippen molar-refractivity contribution >= 4 is 5.91 Å². The van der Waals surface area contributed by atoms with Crippen LogP contribution >= 0.6 is 0 Å². The van der Waals surface area contributed by atoms with E-state index in [2.05, 4.69) is 5.43 Å². The Morgan fingerprint density at radius 1 is 1.90 bits per heavy atom. The third-order valence-corrected chi connectivity index (χ3v) is 1.55. The van der Waals surface area contributed by atoms with E-state index in [1.807, 2.05) is 4.90 Å². The highest BCUT2D eigenvalue weighted by atomic mass is 16.3. The minimum Gasteiger partial charge on any atom is -0.395 e. The second-order valence-electron chi connectivity index (χ2n) is 2.24. The first-order valence-corrected chi connectivity index (χ1v) is 3.15. The molecule has 0 saturated carbocycles. The molecule has 0 aromatic carbocycles. The first-order valence-electron chi connectivity index (χ1n) is 3.15. The van der Waals surface area contributed by atoms with Crippen molar-refractivity contribution in [3.05, 3.63) is 0 Å². The Hall–Kier alpha value is -0.650. The van der Waals surface area contributed by atoms with Crippen LogP contribution in [0.4, 0.5) is 0 Å². The number of amides is 1. The number of nitrogens with zero attached hydrogens (tertiary/aromatic N) is 1. The van der Waals surface area contributed by atoms with Gasteiger partial charge in [-0.25, -0.2) is 5.84 Å². The maximum atomic E-state index is 10.7. The molecule has 1 amide bonds. The molecule has 5 nitrogen and oxygen atoms in total. The van der Waals surface area contributed by atoms with Gasteiger partial charge in [0.1, 0.15) is 6.04 Å². The number of aliphatic hydroxyl groups excluding tert-OH is 1. The van der Waals surface area contributed by atoms with Gasteiger partial charge in [-0.1, -0.05) is 0 Å². The fraction of sp³-hybridized carbons (Fsp3) is 0.800. The molecule has 1 rings (SSSR count). The molecule has 1 aliphatic rings. The quantitative estimate of drug-likeness (QED) is 0.180. The minimum absolute atomic E-state index is 0.0916. The molecule has 0 spiro atoms. The van der Waals surface area contributed by atoms with Crippen LogP contribution in [-0.2, 0) is 4.79 Å². The van der Waals surface area contributed by atoms with Gasteiger partial charge in [0, 0.05) is 13.1 Å². The molecule has 0 aromatic heterocycles. The van der Waals surface area contributed by atoms with Crippen molar-refractivity contribution in [3.8, 4) is 0 Å². The lowest BCUT2D eigenvalue weighted by atomic mass is 10.4. The van der Waals surface area contributed by atoms with E-state index in [1.54, 1.807) is 0 Å². The smallest absolute Gasteiger partial charge is 0.252 e. The summed E-state index contributed by atoms with van der Waals surface area (Å²) in [4.78, 5) is 12.5. The highest BCUT2D eigenvalue weighted by Crippen LogP contribution is 2.15. The van der Waals surface area contributed by atoms with Crippen molar-refractivity contribution < 1.29 is 9.90 Å². The van der Waals surface area contributed by atoms with Crippen LogP contribution in [0.15, 0.2) is 0 Å². The first-order chi connectivity index (χ1) is 4.79. The Labute approximate surface area is 58.8 Å². The Bertz CT molecular complexity index is 139. The van der Waals surface area contributed by atoms with E-state index in [9.17, 15) is 4.79 Å². The van der Waals surface area contributed by atoms with Gasteiger partial charge < -0.3 is 5.11 Å². The van der Waals surface area contributed by atoms with Crippen LogP contribution in [-0.4, -0.2) is 41.7 Å². The zero-order chi connectivity index (χ0) is 7.56. The van der Waals surface area contributed by atoms with Gasteiger partial charge in [-0.15, -0.1) is 0 Å². The Balaban J connectivity index is 2.18. The molecular weight excluding hydrogens is 134 g/mol. The van der Waals surface area contributed by atoms with Crippen molar-refractivity contribution in [1.82, 2.24) is 10.3 Å². The van der Waals surface area contributed by atoms with Crippen LogP contribution in [0.5, 0.6) is 0 Å². The van der Waals surface area contributed by atoms with Crippen LogP contribution in [0.1, 0.15) is 0 Å². The summed E-state index contributed by atoms with van der Waals surface area (Å²) in [5.74, 6) is 4.71. The summed E-state index contributed by atoms with van der Waals surface area (Å²) in [6, 6.07) is -0.0999. The fourth-order valence-electron chi connectivity index (χ4n) is 0.895. The molecular formula is C5H11N3O2. The average molecular weight is 145 g/mol. The number of hydrogen-bond acceptors (Lipinski definition) is 4. The van der Waals surface area contributed by atoms with Gasteiger partial charge >= 0.3 is 0 Å². The number of nitrogens with two attached hydrogens (primary N) is 1. The molecule has 0 aliphatic carbocycles. The summed E-state index contributed by atoms with van der Waals surface area (Å²) in [5, 5.41) is 8.44. The molecule has 5 heteroatoms. The second-order valence-corrected chi connectivity index (χ2v) is 2.24. The fourth-order valence-corrected chi connectivity index (χ4v) is 0.895. The van der Waals surface area contributed by atoms with E-state index in [-0.39, 0.29) is 18.6 Å². The van der Waals surface area contributed by atoms with E-state index >= 15 is 0 Å². The zero-order valence-electron chi connectivity index (χ0n) is 5.58. The number of hydrogen-bond donors (Lipinski definition) is 3. The zero-order valence-corrected chi connectivity index (χ0v) is 5.58. The third-order valence-electron chi connectivity index (χ3n) is 1.55. The highest BCUT2D eigenvalue weighted by Gasteiger charge is 2.39. The number of rotatable bonds is 3. The van der Waals surface area contributed by atoms with Crippen LogP contribution in [0.2, 0.25) is 0 Å². The summed E-state index contributed by atoms with van der Waals surface area (Å²) < 4.78 is 0. The van der Waals surface area contributed by atoms with Crippen molar-refractivity contribution in [1.29, 1.82) is 0 Å². The highest BCUT2D eigenvalue weighted by molar-refractivity contribution is 5.84. The number of aliphatic hydroxyl groups is 1. The van der Waals surface area contributed by atoms with Crippen molar-refractivity contribution in [3.63, 3.8) is 0 Å². The van der Waals surface area contributed by atoms with Crippen molar-refractivity contribution in [2.75, 3.05) is 19.7 Å². The number of carbonyl (C=O) groups excluding carboxylic acids is 1. The van der Waals surface area contributed by atoms with Crippen molar-refractivity contribution in [2.24, 2.45) is 5.84 Å². The van der Waals surface area contributed by atoms with E-state index < -0.39 is 0 Å². The molecule has 10 heavy (non-hydrogen) atoms. The first kappa shape index (κ1) is 7.46. The predicted octanol–water partition coefficient (Wildman–Crippen LogP) is -2.35. The van der Waals surface area contributed by atoms with Gasteiger partial charge in [0.25, 0.3) is 5.91 Å². The van der Waals surface area contributed by atoms with Gasteiger partial charge in [-0.05, 0) is 0 Å². The third kappa shape index (κ3) is 1.44. The van der Waals surface area contributed by atoms with Crippen LogP contribution < -0.4 is 11.3 Å². The van der Waals surface area contributed by atoms with E-state index in [4.69, 9.17) is 10.9 Å². The van der Waals surface area contributed by atoms with Crippen LogP contribution in [0.3, 0.4) is 0 Å². The molecule has 2 unspecified atom stereocenters. The van der Waals surface area contributed by atoms with Gasteiger partial charge in [0.05, 0.1) is 6.61 Å². The lowest BCUT2D eigenvalue weighted by molar-refractivity contribution is -0.121. The van der Waals surface area contributed by atoms with Crippen molar-refractivity contribution in [2.45, 2.75) is 6.04 Å². The molecule has 0 bridgehead atoms. The number of β-amino-alcohol motifs (C(OH)–C–C–N with tert-alkyl or cyclic N) is 1. The summed E-state index contributed by atoms with van der Waals surface area (Å²) in [6.07, 6.45) is 0. The molecule has 0 radical (unpaired) electrons. The number of hydrazine groups is 1. The number of carbonyl (C=O) groups is 1. The molecule has 1 fully saturated rings. The van der Waals surface area contributed by atoms with Gasteiger partial charge in [0.15, 0.2) is 0 Å². The monoisotopic (exact) mass is 145 g/mol. The lowest BCUT2D eigenvalue weighted by Crippen LogP contribution is -2.35. The molecule has 1 heterocycles. The molecule has 0 aromatic rings. The minimum atomic E-state index is -0.173. The second kappa shape index (κ2) is 2.96. The normalized spacial score (nSPS) is 29.8. The van der Waals surface area contributed by atoms with E-state index in [0.29, 0.717) is 13.1 Å². The maximum Gasteiger partial charge on any atom is 0.252 e. The van der Waals surface area contributed by atoms with E-state index in [1.165, 1.54) is 0 Å². The van der Waals surface area contributed by atoms with Gasteiger partial charge in [-0.2, -0.15) is 0 Å². The molecule has 58 valence electrons. The Morgan fingerprint density at radius 2 is 2.60 bits per heavy atom. The largest absolute Gasteiger partial charge is 0.395 e. The average Bonchev–Trinajstić information content (AvgIpc) is 2.67. The molecule has 4 N–H and O–H groups in total. The van der Waals surface area contributed by atoms with Crippen LogP contribution in [0, 0.1) is 0 Å². The predicted molar refractivity (Wildman–Crippen MR) is 34.8 cm³/mol. The molecule has 1 aliphatic heterocycles. The standard InChI is InChI=1S/C5H11N3O2/c6-7-5(10)4-3-8(4)1-2-9/h4,9H,1-3,6H2,(H,7,10). The SMILES string of the molecule is NNC(=O)C1CN1CCO. The van der Waals surface area contributed by atoms with Gasteiger partial charge in [0.2, 0.25) is 0 Å². The summed E-state index contributed by atoms with van der Waals surface area (Å²) in [7, 11) is 0. The summed E-state index contributed by atoms with van der Waals surface area (Å²) in [6.45, 7) is 1.36. The Kier molecular flexibility index (Phi) is 2.21. The number of nitrogens with one attached hydrogen (secondary N) is 1. The van der Waals surface area contributed by atoms with Crippen LogP contribution in [0.25, 0.3) is 0 Å². The van der Waals surface area contributed by atoms with E-state index in [0.717, 1.165) is 0 Å². The molecule has 1 saturated heterocycles. The topological polar surface area (TPSA) is 78.4 Å². The lowest BCUT2D eigenvalue weighted by Gasteiger charge is -1.98. The molecule has 2 atom stereocenters. The summed E-state index contributed by atoms with van der Waals surface area (Å²) in [5.41, 5.74) is 2.05. The summed E-state index contributed by atoms with van der Waals surface area (Å²) >= 11 is 0.